The molecular formula is C9H15FO4. The van der Waals surface area contributed by atoms with Gasteiger partial charge in [-0.2, -0.15) is 0 Å². The molecule has 0 bridgehead atoms. The quantitative estimate of drug-likeness (QED) is 0.690. The van der Waals surface area contributed by atoms with Crippen LogP contribution in [-0.2, 0) is 14.3 Å². The summed E-state index contributed by atoms with van der Waals surface area (Å²) in [6.07, 6.45) is -2.25. The standard InChI is InChI=1S/C9H15FO4/c1-4-14-7(11)6(10)5-9(2,3)8(12)13/h6H,4-5H2,1-3H3,(H,12,13). The molecular weight excluding hydrogens is 191 g/mol. The van der Waals surface area contributed by atoms with E-state index in [1.165, 1.54) is 13.8 Å². The number of ether oxygens (including phenoxy) is 1. The number of hydrogen-bond donors (Lipinski definition) is 1. The van der Waals surface area contributed by atoms with E-state index in [-0.39, 0.29) is 13.0 Å². The Kier molecular flexibility index (Phi) is 4.53. The number of hydrogen-bond acceptors (Lipinski definition) is 3. The van der Waals surface area contributed by atoms with E-state index in [0.717, 1.165) is 0 Å². The summed E-state index contributed by atoms with van der Waals surface area (Å²) in [7, 11) is 0. The van der Waals surface area contributed by atoms with Gasteiger partial charge in [0.2, 0.25) is 0 Å². The van der Waals surface area contributed by atoms with Crippen LogP contribution in [0.15, 0.2) is 0 Å². The first-order chi connectivity index (χ1) is 6.31. The van der Waals surface area contributed by atoms with Gasteiger partial charge in [-0.3, -0.25) is 4.79 Å². The van der Waals surface area contributed by atoms with E-state index >= 15 is 0 Å². The van der Waals surface area contributed by atoms with Crippen molar-refractivity contribution in [3.63, 3.8) is 0 Å². The van der Waals surface area contributed by atoms with Crippen molar-refractivity contribution in [2.45, 2.75) is 33.4 Å². The molecule has 0 heterocycles. The van der Waals surface area contributed by atoms with Crippen LogP contribution in [0.3, 0.4) is 0 Å². The van der Waals surface area contributed by atoms with Crippen LogP contribution in [0.5, 0.6) is 0 Å². The van der Waals surface area contributed by atoms with Gasteiger partial charge in [0.15, 0.2) is 6.17 Å². The summed E-state index contributed by atoms with van der Waals surface area (Å²) in [6.45, 7) is 4.38. The van der Waals surface area contributed by atoms with Gasteiger partial charge in [0.25, 0.3) is 0 Å². The van der Waals surface area contributed by atoms with Gasteiger partial charge < -0.3 is 9.84 Å². The predicted octanol–water partition coefficient (Wildman–Crippen LogP) is 1.39. The molecule has 0 saturated heterocycles. The summed E-state index contributed by atoms with van der Waals surface area (Å²) in [5, 5.41) is 8.68. The molecule has 1 atom stereocenters. The minimum atomic E-state index is -1.87. The van der Waals surface area contributed by atoms with Crippen LogP contribution in [0.4, 0.5) is 4.39 Å². The van der Waals surface area contributed by atoms with E-state index < -0.39 is 23.5 Å². The van der Waals surface area contributed by atoms with Crippen molar-refractivity contribution in [1.29, 1.82) is 0 Å². The Balaban J connectivity index is 4.24. The van der Waals surface area contributed by atoms with Gasteiger partial charge in [-0.05, 0) is 20.8 Å². The number of carboxylic acid groups (broad SMARTS) is 1. The molecule has 0 radical (unpaired) electrons. The van der Waals surface area contributed by atoms with E-state index in [4.69, 9.17) is 5.11 Å². The molecule has 0 spiro atoms. The molecule has 0 saturated carbocycles. The monoisotopic (exact) mass is 206 g/mol. The summed E-state index contributed by atoms with van der Waals surface area (Å²) in [6, 6.07) is 0. The Morgan fingerprint density at radius 1 is 1.50 bits per heavy atom. The average Bonchev–Trinajstić information content (AvgIpc) is 2.03. The average molecular weight is 206 g/mol. The van der Waals surface area contributed by atoms with Crippen molar-refractivity contribution in [2.24, 2.45) is 5.41 Å². The van der Waals surface area contributed by atoms with Crippen LogP contribution >= 0.6 is 0 Å². The number of carbonyl (C=O) groups excluding carboxylic acids is 1. The van der Waals surface area contributed by atoms with Crippen molar-refractivity contribution in [1.82, 2.24) is 0 Å². The molecule has 0 aliphatic carbocycles. The van der Waals surface area contributed by atoms with Gasteiger partial charge in [-0.25, -0.2) is 9.18 Å². The summed E-state index contributed by atoms with van der Waals surface area (Å²) < 4.78 is 17.5. The normalized spacial score (nSPS) is 13.4. The SMILES string of the molecule is CCOC(=O)C(F)CC(C)(C)C(=O)O. The third kappa shape index (κ3) is 3.72. The highest BCUT2D eigenvalue weighted by molar-refractivity contribution is 5.78. The van der Waals surface area contributed by atoms with E-state index in [0.29, 0.717) is 0 Å². The molecule has 5 heteroatoms. The first-order valence-electron chi connectivity index (χ1n) is 4.35. The van der Waals surface area contributed by atoms with Gasteiger partial charge in [0, 0.05) is 6.42 Å². The second-order valence-corrected chi connectivity index (χ2v) is 3.61. The zero-order valence-electron chi connectivity index (χ0n) is 8.54. The zero-order chi connectivity index (χ0) is 11.4. The predicted molar refractivity (Wildman–Crippen MR) is 47.6 cm³/mol. The lowest BCUT2D eigenvalue weighted by atomic mass is 9.87. The first-order valence-corrected chi connectivity index (χ1v) is 4.35. The summed E-state index contributed by atoms with van der Waals surface area (Å²) >= 11 is 0. The van der Waals surface area contributed by atoms with Crippen LogP contribution in [0, 0.1) is 5.41 Å². The molecule has 1 unspecified atom stereocenters. The van der Waals surface area contributed by atoms with Gasteiger partial charge in [-0.1, -0.05) is 0 Å². The van der Waals surface area contributed by atoms with Crippen LogP contribution in [-0.4, -0.2) is 29.8 Å². The minimum absolute atomic E-state index is 0.0900. The molecule has 0 aliphatic rings. The molecule has 4 nitrogen and oxygen atoms in total. The minimum Gasteiger partial charge on any atom is -0.481 e. The van der Waals surface area contributed by atoms with Crippen molar-refractivity contribution in [2.75, 3.05) is 6.61 Å². The highest BCUT2D eigenvalue weighted by Gasteiger charge is 2.34. The Labute approximate surface area is 82.1 Å². The third-order valence-electron chi connectivity index (χ3n) is 1.81. The highest BCUT2D eigenvalue weighted by atomic mass is 19.1. The lowest BCUT2D eigenvalue weighted by Crippen LogP contribution is -2.31. The molecule has 0 fully saturated rings. The summed E-state index contributed by atoms with van der Waals surface area (Å²) in [4.78, 5) is 21.5. The lowest BCUT2D eigenvalue weighted by molar-refractivity contribution is -0.154. The zero-order valence-corrected chi connectivity index (χ0v) is 8.54. The number of aliphatic carboxylic acids is 1. The first kappa shape index (κ1) is 12.9. The van der Waals surface area contributed by atoms with E-state index in [2.05, 4.69) is 4.74 Å². The van der Waals surface area contributed by atoms with E-state index in [9.17, 15) is 14.0 Å². The van der Waals surface area contributed by atoms with Crippen molar-refractivity contribution in [3.05, 3.63) is 0 Å². The smallest absolute Gasteiger partial charge is 0.340 e. The van der Waals surface area contributed by atoms with Gasteiger partial charge in [0.1, 0.15) is 0 Å². The number of alkyl halides is 1. The molecule has 0 rings (SSSR count). The number of rotatable bonds is 5. The van der Waals surface area contributed by atoms with Crippen LogP contribution in [0.2, 0.25) is 0 Å². The molecule has 14 heavy (non-hydrogen) atoms. The van der Waals surface area contributed by atoms with Crippen LogP contribution in [0.1, 0.15) is 27.2 Å². The maximum Gasteiger partial charge on any atom is 0.340 e. The molecule has 0 amide bonds. The summed E-state index contributed by atoms with van der Waals surface area (Å²) in [5.41, 5.74) is -1.26. The number of esters is 1. The molecule has 1 N–H and O–H groups in total. The fraction of sp³-hybridized carbons (Fsp3) is 0.778. The second-order valence-electron chi connectivity index (χ2n) is 3.61. The lowest BCUT2D eigenvalue weighted by Gasteiger charge is -2.20. The van der Waals surface area contributed by atoms with Gasteiger partial charge in [-0.15, -0.1) is 0 Å². The van der Waals surface area contributed by atoms with E-state index in [1.54, 1.807) is 6.92 Å². The fourth-order valence-electron chi connectivity index (χ4n) is 0.851. The Bertz CT molecular complexity index is 225. The second kappa shape index (κ2) is 4.93. The maximum absolute atomic E-state index is 13.1. The molecule has 0 aliphatic heterocycles. The summed E-state index contributed by atoms with van der Waals surface area (Å²) in [5.74, 6) is -2.13. The third-order valence-corrected chi connectivity index (χ3v) is 1.81. The highest BCUT2D eigenvalue weighted by Crippen LogP contribution is 2.24. The number of carboxylic acids is 1. The van der Waals surface area contributed by atoms with Gasteiger partial charge in [0.05, 0.1) is 12.0 Å². The van der Waals surface area contributed by atoms with E-state index in [1.807, 2.05) is 0 Å². The molecule has 0 aromatic carbocycles. The van der Waals surface area contributed by atoms with Gasteiger partial charge >= 0.3 is 11.9 Å². The molecule has 82 valence electrons. The van der Waals surface area contributed by atoms with Crippen LogP contribution < -0.4 is 0 Å². The Morgan fingerprint density at radius 2 is 2.00 bits per heavy atom. The fourth-order valence-corrected chi connectivity index (χ4v) is 0.851. The van der Waals surface area contributed by atoms with Crippen molar-refractivity contribution in [3.8, 4) is 0 Å². The Morgan fingerprint density at radius 3 is 2.36 bits per heavy atom. The molecule has 0 aromatic rings. The largest absolute Gasteiger partial charge is 0.481 e. The van der Waals surface area contributed by atoms with Crippen molar-refractivity contribution < 1.29 is 23.8 Å². The topological polar surface area (TPSA) is 63.6 Å². The number of carbonyl (C=O) groups is 2. The maximum atomic E-state index is 13.1. The molecule has 0 aromatic heterocycles. The Hall–Kier alpha value is -1.13. The van der Waals surface area contributed by atoms with Crippen LogP contribution in [0.25, 0.3) is 0 Å². The number of halogens is 1. The van der Waals surface area contributed by atoms with Crippen molar-refractivity contribution >= 4 is 11.9 Å².